The molecule has 2 unspecified atom stereocenters. The lowest BCUT2D eigenvalue weighted by Crippen LogP contribution is -2.23. The lowest BCUT2D eigenvalue weighted by atomic mass is 10.1. The summed E-state index contributed by atoms with van der Waals surface area (Å²) in [6, 6.07) is 9.38. The van der Waals surface area contributed by atoms with Gasteiger partial charge >= 0.3 is 0 Å². The van der Waals surface area contributed by atoms with Crippen molar-refractivity contribution in [1.29, 1.82) is 5.26 Å². The van der Waals surface area contributed by atoms with E-state index in [2.05, 4.69) is 11.4 Å². The molecule has 1 saturated carbocycles. The van der Waals surface area contributed by atoms with Crippen molar-refractivity contribution in [3.05, 3.63) is 24.3 Å². The first-order chi connectivity index (χ1) is 8.70. The number of nitrogens with one attached hydrogen (secondary N) is 1. The van der Waals surface area contributed by atoms with E-state index in [-0.39, 0.29) is 12.0 Å². The zero-order valence-corrected chi connectivity index (χ0v) is 10.6. The fourth-order valence-electron chi connectivity index (χ4n) is 2.27. The normalized spacial score (nSPS) is 23.0. The molecule has 0 heterocycles. The van der Waals surface area contributed by atoms with E-state index in [1.165, 1.54) is 0 Å². The third-order valence-electron chi connectivity index (χ3n) is 3.13. The van der Waals surface area contributed by atoms with E-state index in [9.17, 15) is 8.78 Å². The lowest BCUT2D eigenvalue weighted by molar-refractivity contribution is 0.252. The van der Waals surface area contributed by atoms with E-state index < -0.39 is 5.76 Å². The van der Waals surface area contributed by atoms with Crippen LogP contribution in [0.1, 0.15) is 19.3 Å². The van der Waals surface area contributed by atoms with Gasteiger partial charge in [0.25, 0.3) is 5.76 Å². The van der Waals surface area contributed by atoms with Gasteiger partial charge in [-0.15, -0.1) is 0 Å². The Morgan fingerprint density at radius 1 is 1.33 bits per heavy atom. The van der Waals surface area contributed by atoms with Gasteiger partial charge in [0.15, 0.2) is 0 Å². The first kappa shape index (κ1) is 13.2. The zero-order chi connectivity index (χ0) is 13.0. The maximum Gasteiger partial charge on any atom is 0.288 e. The summed E-state index contributed by atoms with van der Waals surface area (Å²) in [7, 11) is 0. The fourth-order valence-corrected chi connectivity index (χ4v) is 2.87. The minimum atomic E-state index is -2.43. The van der Waals surface area contributed by atoms with Crippen molar-refractivity contribution >= 4 is 17.4 Å². The first-order valence-electron chi connectivity index (χ1n) is 5.90. The second-order valence-electron chi connectivity index (χ2n) is 4.29. The third-order valence-corrected chi connectivity index (χ3v) is 3.91. The second-order valence-corrected chi connectivity index (χ2v) is 5.32. The van der Waals surface area contributed by atoms with Crippen LogP contribution in [0.15, 0.2) is 29.2 Å². The van der Waals surface area contributed by atoms with E-state index >= 15 is 0 Å². The number of rotatable bonds is 4. The minimum Gasteiger partial charge on any atom is -0.380 e. The SMILES string of the molecule is N#CC1CCCC1Nc1ccccc1SC(F)F. The molecule has 96 valence electrons. The van der Waals surface area contributed by atoms with Crippen molar-refractivity contribution in [3.63, 3.8) is 0 Å². The number of nitriles is 1. The summed E-state index contributed by atoms with van der Waals surface area (Å²) in [5.74, 6) is -2.45. The van der Waals surface area contributed by atoms with Gasteiger partial charge in [0, 0.05) is 16.6 Å². The minimum absolute atomic E-state index is 0.0189. The zero-order valence-electron chi connectivity index (χ0n) is 9.77. The summed E-state index contributed by atoms with van der Waals surface area (Å²) < 4.78 is 24.9. The highest BCUT2D eigenvalue weighted by molar-refractivity contribution is 7.99. The number of alkyl halides is 2. The molecule has 1 aromatic carbocycles. The van der Waals surface area contributed by atoms with Crippen molar-refractivity contribution in [2.45, 2.75) is 36.0 Å². The maximum atomic E-state index is 12.4. The number of hydrogen-bond donors (Lipinski definition) is 1. The van der Waals surface area contributed by atoms with Crippen LogP contribution in [-0.2, 0) is 0 Å². The number of hydrogen-bond acceptors (Lipinski definition) is 3. The molecule has 1 aromatic rings. The maximum absolute atomic E-state index is 12.4. The van der Waals surface area contributed by atoms with Crippen molar-refractivity contribution in [3.8, 4) is 6.07 Å². The molecule has 1 aliphatic rings. The number of halogens is 2. The standard InChI is InChI=1S/C13H14F2N2S/c14-13(15)18-12-7-2-1-5-11(12)17-10-6-3-4-9(10)8-16/h1-2,5,7,9-10,13,17H,3-4,6H2. The van der Waals surface area contributed by atoms with Gasteiger partial charge in [-0.25, -0.2) is 0 Å². The van der Waals surface area contributed by atoms with Gasteiger partial charge in [0.05, 0.1) is 12.0 Å². The van der Waals surface area contributed by atoms with Crippen LogP contribution in [0, 0.1) is 17.2 Å². The summed E-state index contributed by atoms with van der Waals surface area (Å²) in [5, 5.41) is 12.3. The van der Waals surface area contributed by atoms with Crippen LogP contribution < -0.4 is 5.32 Å². The number of thioether (sulfide) groups is 1. The molecular weight excluding hydrogens is 254 g/mol. The number of para-hydroxylation sites is 1. The highest BCUT2D eigenvalue weighted by Crippen LogP contribution is 2.34. The molecule has 0 radical (unpaired) electrons. The Labute approximate surface area is 109 Å². The van der Waals surface area contributed by atoms with Crippen LogP contribution in [0.5, 0.6) is 0 Å². The Balaban J connectivity index is 2.11. The Hall–Kier alpha value is -1.28. The molecule has 0 saturated heterocycles. The van der Waals surface area contributed by atoms with Gasteiger partial charge in [-0.3, -0.25) is 0 Å². The van der Waals surface area contributed by atoms with Gasteiger partial charge < -0.3 is 5.32 Å². The molecule has 1 fully saturated rings. The van der Waals surface area contributed by atoms with Crippen molar-refractivity contribution in [2.24, 2.45) is 5.92 Å². The summed E-state index contributed by atoms with van der Waals surface area (Å²) in [6.45, 7) is 0. The topological polar surface area (TPSA) is 35.8 Å². The molecule has 18 heavy (non-hydrogen) atoms. The summed E-state index contributed by atoms with van der Waals surface area (Å²) in [6.07, 6.45) is 2.82. The van der Waals surface area contributed by atoms with Crippen molar-refractivity contribution in [1.82, 2.24) is 0 Å². The molecule has 2 rings (SSSR count). The molecule has 0 aliphatic heterocycles. The van der Waals surface area contributed by atoms with Crippen LogP contribution in [0.25, 0.3) is 0 Å². The smallest absolute Gasteiger partial charge is 0.288 e. The Bertz CT molecular complexity index is 445. The molecule has 0 spiro atoms. The molecule has 1 aliphatic carbocycles. The van der Waals surface area contributed by atoms with E-state index in [0.29, 0.717) is 22.3 Å². The van der Waals surface area contributed by atoms with Crippen molar-refractivity contribution in [2.75, 3.05) is 5.32 Å². The number of nitrogens with zero attached hydrogens (tertiary/aromatic N) is 1. The van der Waals surface area contributed by atoms with Crippen LogP contribution in [0.2, 0.25) is 0 Å². The van der Waals surface area contributed by atoms with E-state index in [1.807, 2.05) is 6.07 Å². The molecule has 0 bridgehead atoms. The number of benzene rings is 1. The van der Waals surface area contributed by atoms with Crippen molar-refractivity contribution < 1.29 is 8.78 Å². The monoisotopic (exact) mass is 268 g/mol. The van der Waals surface area contributed by atoms with Gasteiger partial charge in [-0.2, -0.15) is 14.0 Å². The average Bonchev–Trinajstić information content (AvgIpc) is 2.78. The van der Waals surface area contributed by atoms with E-state index in [0.717, 1.165) is 19.3 Å². The Morgan fingerprint density at radius 2 is 2.11 bits per heavy atom. The molecule has 5 heteroatoms. The van der Waals surface area contributed by atoms with Crippen LogP contribution in [-0.4, -0.2) is 11.8 Å². The Kier molecular flexibility index (Phi) is 4.43. The van der Waals surface area contributed by atoms with Crippen LogP contribution >= 0.6 is 11.8 Å². The Morgan fingerprint density at radius 3 is 2.83 bits per heavy atom. The van der Waals surface area contributed by atoms with Crippen LogP contribution in [0.4, 0.5) is 14.5 Å². The molecule has 0 aromatic heterocycles. The van der Waals surface area contributed by atoms with Gasteiger partial charge in [-0.1, -0.05) is 23.9 Å². The predicted molar refractivity (Wildman–Crippen MR) is 68.7 cm³/mol. The quantitative estimate of drug-likeness (QED) is 0.835. The lowest BCUT2D eigenvalue weighted by Gasteiger charge is -2.19. The largest absolute Gasteiger partial charge is 0.380 e. The van der Waals surface area contributed by atoms with E-state index in [1.54, 1.807) is 18.2 Å². The molecule has 2 atom stereocenters. The summed E-state index contributed by atoms with van der Waals surface area (Å²) >= 11 is 0.539. The van der Waals surface area contributed by atoms with Crippen LogP contribution in [0.3, 0.4) is 0 Å². The summed E-state index contributed by atoms with van der Waals surface area (Å²) in [5.41, 5.74) is 0.704. The predicted octanol–water partition coefficient (Wildman–Crippen LogP) is 4.11. The highest BCUT2D eigenvalue weighted by atomic mass is 32.2. The summed E-state index contributed by atoms with van der Waals surface area (Å²) in [4.78, 5) is 0.538. The van der Waals surface area contributed by atoms with E-state index in [4.69, 9.17) is 5.26 Å². The molecular formula is C13H14F2N2S. The third kappa shape index (κ3) is 3.14. The van der Waals surface area contributed by atoms with Gasteiger partial charge in [0.2, 0.25) is 0 Å². The second kappa shape index (κ2) is 6.05. The molecule has 0 amide bonds. The average molecular weight is 268 g/mol. The molecule has 2 nitrogen and oxygen atoms in total. The molecule has 1 N–H and O–H groups in total. The first-order valence-corrected chi connectivity index (χ1v) is 6.78. The van der Waals surface area contributed by atoms with Gasteiger partial charge in [0.1, 0.15) is 0 Å². The highest BCUT2D eigenvalue weighted by Gasteiger charge is 2.27. The fraction of sp³-hybridized carbons (Fsp3) is 0.462. The number of anilines is 1. The van der Waals surface area contributed by atoms with Gasteiger partial charge in [-0.05, 0) is 31.4 Å².